The molecule has 0 aliphatic carbocycles. The van der Waals surface area contributed by atoms with Crippen LogP contribution in [0.1, 0.15) is 17.5 Å². The molecule has 7 nitrogen and oxygen atoms in total. The topological polar surface area (TPSA) is 66.9 Å². The minimum Gasteiger partial charge on any atom is -0.436 e. The Morgan fingerprint density at radius 3 is 2.82 bits per heavy atom. The van der Waals surface area contributed by atoms with Crippen molar-refractivity contribution in [2.75, 3.05) is 17.8 Å². The van der Waals surface area contributed by atoms with Crippen LogP contribution in [0, 0.1) is 11.6 Å². The van der Waals surface area contributed by atoms with Crippen LogP contribution in [0.5, 0.6) is 17.4 Å². The molecule has 0 unspecified atom stereocenters. The van der Waals surface area contributed by atoms with Gasteiger partial charge in [0.05, 0.1) is 18.8 Å². The molecule has 1 amide bonds. The summed E-state index contributed by atoms with van der Waals surface area (Å²) in [7, 11) is 0. The number of rotatable bonds is 7. The van der Waals surface area contributed by atoms with E-state index in [-0.39, 0.29) is 24.7 Å². The van der Waals surface area contributed by atoms with E-state index in [1.807, 2.05) is 0 Å². The van der Waals surface area contributed by atoms with Crippen LogP contribution in [0.15, 0.2) is 54.7 Å². The number of nitrogens with zero attached hydrogens (tertiary/aromatic N) is 3. The number of hydrogen-bond acceptors (Lipinski definition) is 7. The average Bonchev–Trinajstić information content (AvgIpc) is 2.77. The molecular weight excluding hydrogens is 450 g/mol. The van der Waals surface area contributed by atoms with Crippen molar-refractivity contribution in [1.29, 1.82) is 0 Å². The van der Waals surface area contributed by atoms with E-state index in [9.17, 15) is 13.6 Å². The van der Waals surface area contributed by atoms with E-state index in [4.69, 9.17) is 9.47 Å². The van der Waals surface area contributed by atoms with Gasteiger partial charge in [-0.25, -0.2) is 22.9 Å². The van der Waals surface area contributed by atoms with Crippen molar-refractivity contribution in [1.82, 2.24) is 14.2 Å². The van der Waals surface area contributed by atoms with Gasteiger partial charge in [0.1, 0.15) is 11.5 Å². The van der Waals surface area contributed by atoms with E-state index < -0.39 is 17.7 Å². The Hall–Kier alpha value is -3.37. The molecule has 1 fully saturated rings. The van der Waals surface area contributed by atoms with Gasteiger partial charge in [-0.1, -0.05) is 12.1 Å². The molecule has 33 heavy (non-hydrogen) atoms. The zero-order valence-electron chi connectivity index (χ0n) is 17.5. The summed E-state index contributed by atoms with van der Waals surface area (Å²) in [6.45, 7) is 2.25. The molecule has 0 saturated carbocycles. The number of ether oxygens (including phenoxy) is 2. The maximum absolute atomic E-state index is 15.0. The molecule has 0 bridgehead atoms. The van der Waals surface area contributed by atoms with Crippen molar-refractivity contribution in [3.8, 4) is 17.4 Å². The molecule has 3 heterocycles. The summed E-state index contributed by atoms with van der Waals surface area (Å²) in [6.07, 6.45) is 1.96. The van der Waals surface area contributed by atoms with E-state index in [1.165, 1.54) is 41.4 Å². The number of aromatic nitrogens is 1. The summed E-state index contributed by atoms with van der Waals surface area (Å²) in [5.74, 6) is -0.563. The average molecular weight is 471 g/mol. The van der Waals surface area contributed by atoms with Crippen LogP contribution in [0.4, 0.5) is 19.3 Å². The number of carbonyl (C=O) groups is 1. The van der Waals surface area contributed by atoms with Crippen LogP contribution in [-0.4, -0.2) is 33.4 Å². The molecule has 1 N–H and O–H groups in total. The van der Waals surface area contributed by atoms with Crippen molar-refractivity contribution >= 4 is 23.9 Å². The molecular formula is C23H20F2N4O3S. The lowest BCUT2D eigenvalue weighted by molar-refractivity contribution is 0.134. The van der Waals surface area contributed by atoms with Gasteiger partial charge in [-0.05, 0) is 36.8 Å². The summed E-state index contributed by atoms with van der Waals surface area (Å²) in [4.78, 5) is 17.9. The lowest BCUT2D eigenvalue weighted by Gasteiger charge is -2.29. The Labute approximate surface area is 193 Å². The van der Waals surface area contributed by atoms with Crippen LogP contribution >= 0.6 is 12.1 Å². The van der Waals surface area contributed by atoms with Gasteiger partial charge in [0, 0.05) is 48.6 Å². The molecule has 2 aliphatic heterocycles. The Balaban J connectivity index is 1.28. The van der Waals surface area contributed by atoms with Crippen molar-refractivity contribution in [2.24, 2.45) is 0 Å². The number of fused-ring (bicyclic) bond motifs is 1. The second kappa shape index (κ2) is 9.24. The molecule has 0 spiro atoms. The molecule has 2 aromatic carbocycles. The van der Waals surface area contributed by atoms with E-state index in [1.54, 1.807) is 30.3 Å². The highest BCUT2D eigenvalue weighted by Gasteiger charge is 2.27. The fourth-order valence-corrected chi connectivity index (χ4v) is 4.24. The summed E-state index contributed by atoms with van der Waals surface area (Å²) in [5, 5.41) is 0. The first-order valence-electron chi connectivity index (χ1n) is 10.4. The molecule has 1 saturated heterocycles. The molecule has 170 valence electrons. The highest BCUT2D eigenvalue weighted by Crippen LogP contribution is 2.33. The second-order valence-electron chi connectivity index (χ2n) is 7.64. The molecule has 1 aromatic heterocycles. The van der Waals surface area contributed by atoms with Gasteiger partial charge in [0.15, 0.2) is 11.6 Å². The first-order chi connectivity index (χ1) is 16.1. The van der Waals surface area contributed by atoms with Crippen molar-refractivity contribution < 1.29 is 23.0 Å². The number of carbonyl (C=O) groups excluding carboxylic acids is 1. The predicted octanol–water partition coefficient (Wildman–Crippen LogP) is 5.35. The largest absolute Gasteiger partial charge is 0.436 e. The van der Waals surface area contributed by atoms with Gasteiger partial charge >= 0.3 is 6.09 Å². The molecule has 0 radical (unpaired) electrons. The molecule has 5 rings (SSSR count). The quantitative estimate of drug-likeness (QED) is 0.467. The minimum atomic E-state index is -0.601. The number of nitrogens with one attached hydrogen (secondary N) is 1. The van der Waals surface area contributed by atoms with E-state index >= 15 is 0 Å². The van der Waals surface area contributed by atoms with Gasteiger partial charge in [-0.15, -0.1) is 0 Å². The standard InChI is InChI=1S/C23H20F2N4O3S/c24-18-5-2-9-26-22(18)31-17-8-7-15-13-28(23(30)32-20(15)12-17)14-16-4-1-6-19(21(16)25)27-33-29-10-3-11-29/h1-2,4-9,12,27H,3,10-11,13-14H2. The van der Waals surface area contributed by atoms with Gasteiger partial charge in [-0.2, -0.15) is 0 Å². The predicted molar refractivity (Wildman–Crippen MR) is 120 cm³/mol. The summed E-state index contributed by atoms with van der Waals surface area (Å²) in [6, 6.07) is 12.7. The summed E-state index contributed by atoms with van der Waals surface area (Å²) < 4.78 is 44.8. The Bertz CT molecular complexity index is 1190. The molecule has 10 heteroatoms. The van der Waals surface area contributed by atoms with Crippen LogP contribution in [-0.2, 0) is 13.1 Å². The van der Waals surface area contributed by atoms with Gasteiger partial charge < -0.3 is 14.2 Å². The first kappa shape index (κ1) is 21.5. The van der Waals surface area contributed by atoms with Crippen molar-refractivity contribution in [3.05, 3.63) is 77.5 Å². The Kier molecular flexibility index (Phi) is 6.01. The van der Waals surface area contributed by atoms with E-state index in [0.717, 1.165) is 25.1 Å². The number of hydrogen-bond donors (Lipinski definition) is 1. The number of pyridine rings is 1. The highest BCUT2D eigenvalue weighted by molar-refractivity contribution is 7.98. The van der Waals surface area contributed by atoms with Crippen molar-refractivity contribution in [3.63, 3.8) is 0 Å². The lowest BCUT2D eigenvalue weighted by atomic mass is 10.1. The van der Waals surface area contributed by atoms with Crippen molar-refractivity contribution in [2.45, 2.75) is 19.5 Å². The first-order valence-corrected chi connectivity index (χ1v) is 11.2. The zero-order valence-corrected chi connectivity index (χ0v) is 18.3. The fourth-order valence-electron chi connectivity index (χ4n) is 3.41. The third kappa shape index (κ3) is 4.71. The van der Waals surface area contributed by atoms with Crippen LogP contribution in [0.25, 0.3) is 0 Å². The maximum atomic E-state index is 15.0. The second-order valence-corrected chi connectivity index (χ2v) is 8.54. The normalized spacial score (nSPS) is 15.5. The third-order valence-electron chi connectivity index (χ3n) is 5.33. The van der Waals surface area contributed by atoms with Gasteiger partial charge in [0.2, 0.25) is 0 Å². The minimum absolute atomic E-state index is 0.0609. The Morgan fingerprint density at radius 1 is 1.15 bits per heavy atom. The highest BCUT2D eigenvalue weighted by atomic mass is 32.2. The van der Waals surface area contributed by atoms with E-state index in [2.05, 4.69) is 14.0 Å². The summed E-state index contributed by atoms with van der Waals surface area (Å²) >= 11 is 1.38. The van der Waals surface area contributed by atoms with Crippen LogP contribution in [0.2, 0.25) is 0 Å². The smallest absolute Gasteiger partial charge is 0.415 e. The lowest BCUT2D eigenvalue weighted by Crippen LogP contribution is -2.36. The maximum Gasteiger partial charge on any atom is 0.415 e. The van der Waals surface area contributed by atoms with Gasteiger partial charge in [0.25, 0.3) is 5.88 Å². The SMILES string of the molecule is O=C1Oc2cc(Oc3ncccc3F)ccc2CN1Cc1cccc(NSN2CCC2)c1F. The Morgan fingerprint density at radius 2 is 2.03 bits per heavy atom. The van der Waals surface area contributed by atoms with Crippen LogP contribution in [0.3, 0.4) is 0 Å². The summed E-state index contributed by atoms with van der Waals surface area (Å²) in [5.41, 5.74) is 1.49. The third-order valence-corrected chi connectivity index (χ3v) is 6.27. The number of anilines is 1. The van der Waals surface area contributed by atoms with E-state index in [0.29, 0.717) is 17.0 Å². The van der Waals surface area contributed by atoms with Gasteiger partial charge in [-0.3, -0.25) is 4.90 Å². The molecule has 3 aromatic rings. The van der Waals surface area contributed by atoms with Crippen LogP contribution < -0.4 is 14.2 Å². The number of amides is 1. The monoisotopic (exact) mass is 470 g/mol. The fraction of sp³-hybridized carbons (Fsp3) is 0.217. The zero-order chi connectivity index (χ0) is 22.8. The molecule has 2 aliphatic rings. The molecule has 0 atom stereocenters. The number of halogens is 2. The number of benzene rings is 2.